The first-order chi connectivity index (χ1) is 13.1. The molecule has 2 heterocycles. The summed E-state index contributed by atoms with van der Waals surface area (Å²) in [6, 6.07) is 14.6. The zero-order valence-corrected chi connectivity index (χ0v) is 17.0. The van der Waals surface area contributed by atoms with E-state index in [0.717, 1.165) is 35.8 Å². The van der Waals surface area contributed by atoms with Crippen LogP contribution in [-0.2, 0) is 11.2 Å². The highest BCUT2D eigenvalue weighted by Crippen LogP contribution is 2.43. The molecule has 0 radical (unpaired) electrons. The smallest absolute Gasteiger partial charge is 0.240 e. The summed E-state index contributed by atoms with van der Waals surface area (Å²) in [5, 5.41) is 11.6. The van der Waals surface area contributed by atoms with Crippen LogP contribution in [-0.4, -0.2) is 39.7 Å². The van der Waals surface area contributed by atoms with Gasteiger partial charge in [-0.2, -0.15) is 0 Å². The summed E-state index contributed by atoms with van der Waals surface area (Å²) in [5.41, 5.74) is 0.992. The van der Waals surface area contributed by atoms with Crippen molar-refractivity contribution in [2.45, 2.75) is 35.7 Å². The van der Waals surface area contributed by atoms with Gasteiger partial charge in [0.1, 0.15) is 11.1 Å². The molecule has 140 valence electrons. The number of carbonyl (C=O) groups excluding carboxylic acids is 1. The van der Waals surface area contributed by atoms with Crippen molar-refractivity contribution < 1.29 is 4.79 Å². The molecule has 1 aromatic carbocycles. The van der Waals surface area contributed by atoms with Crippen molar-refractivity contribution in [1.82, 2.24) is 19.7 Å². The molecule has 27 heavy (non-hydrogen) atoms. The number of amides is 1. The summed E-state index contributed by atoms with van der Waals surface area (Å²) >= 11 is 3.25. The summed E-state index contributed by atoms with van der Waals surface area (Å²) in [4.78, 5) is 15.8. The molecule has 1 fully saturated rings. The minimum absolute atomic E-state index is 0.0661. The molecule has 3 aromatic rings. The second-order valence-electron chi connectivity index (χ2n) is 6.90. The fourth-order valence-electron chi connectivity index (χ4n) is 3.01. The molecule has 0 spiro atoms. The van der Waals surface area contributed by atoms with Crippen LogP contribution < -0.4 is 0 Å². The lowest BCUT2D eigenvalue weighted by molar-refractivity contribution is -0.128. The molecule has 1 amide bonds. The molecule has 1 aliphatic rings. The lowest BCUT2D eigenvalue weighted by atomic mass is 10.1. The van der Waals surface area contributed by atoms with Gasteiger partial charge in [0.15, 0.2) is 5.16 Å². The Hall–Kier alpha value is -2.12. The number of thioether (sulfide) groups is 1. The van der Waals surface area contributed by atoms with Crippen molar-refractivity contribution in [1.29, 1.82) is 0 Å². The number of nitrogens with zero attached hydrogens (tertiary/aromatic N) is 4. The van der Waals surface area contributed by atoms with Gasteiger partial charge in [-0.15, -0.1) is 21.5 Å². The number of aromatic nitrogens is 3. The average Bonchev–Trinajstić information content (AvgIpc) is 3.23. The maximum absolute atomic E-state index is 12.9. The van der Waals surface area contributed by atoms with E-state index in [9.17, 15) is 4.79 Å². The third kappa shape index (κ3) is 4.09. The highest BCUT2D eigenvalue weighted by Gasteiger charge is 2.33. The number of hydrogen-bond donors (Lipinski definition) is 0. The van der Waals surface area contributed by atoms with Crippen LogP contribution in [0, 0.1) is 0 Å². The highest BCUT2D eigenvalue weighted by molar-refractivity contribution is 8.00. The van der Waals surface area contributed by atoms with Crippen molar-refractivity contribution >= 4 is 29.0 Å². The van der Waals surface area contributed by atoms with Crippen molar-refractivity contribution in [2.75, 3.05) is 14.1 Å². The van der Waals surface area contributed by atoms with Crippen molar-refractivity contribution in [3.8, 4) is 0 Å². The van der Waals surface area contributed by atoms with Crippen LogP contribution in [0.3, 0.4) is 0 Å². The number of hydrogen-bond acceptors (Lipinski definition) is 5. The highest BCUT2D eigenvalue weighted by atomic mass is 32.2. The first-order valence-electron chi connectivity index (χ1n) is 9.02. The van der Waals surface area contributed by atoms with Crippen LogP contribution in [0.25, 0.3) is 0 Å². The number of benzene rings is 1. The van der Waals surface area contributed by atoms with E-state index in [-0.39, 0.29) is 11.2 Å². The van der Waals surface area contributed by atoms with Gasteiger partial charge in [0.25, 0.3) is 0 Å². The van der Waals surface area contributed by atoms with E-state index in [1.54, 1.807) is 30.3 Å². The quantitative estimate of drug-likeness (QED) is 0.560. The van der Waals surface area contributed by atoms with Gasteiger partial charge < -0.3 is 9.47 Å². The van der Waals surface area contributed by atoms with Crippen LogP contribution in [0.4, 0.5) is 0 Å². The average molecular weight is 399 g/mol. The van der Waals surface area contributed by atoms with Gasteiger partial charge in [0, 0.05) is 31.4 Å². The Kier molecular flexibility index (Phi) is 5.31. The van der Waals surface area contributed by atoms with Gasteiger partial charge in [-0.3, -0.25) is 4.79 Å². The fourth-order valence-corrected chi connectivity index (χ4v) is 4.98. The molecule has 1 atom stereocenters. The topological polar surface area (TPSA) is 51.0 Å². The predicted molar refractivity (Wildman–Crippen MR) is 109 cm³/mol. The molecule has 1 saturated carbocycles. The zero-order chi connectivity index (χ0) is 18.8. The Balaban J connectivity index is 1.65. The second kappa shape index (κ2) is 7.86. The second-order valence-corrected chi connectivity index (χ2v) is 9.00. The lowest BCUT2D eigenvalue weighted by Crippen LogP contribution is -2.27. The predicted octanol–water partition coefficient (Wildman–Crippen LogP) is 4.19. The van der Waals surface area contributed by atoms with E-state index in [4.69, 9.17) is 0 Å². The minimum Gasteiger partial charge on any atom is -0.348 e. The molecule has 0 N–H and O–H groups in total. The molecule has 1 aliphatic carbocycles. The number of carbonyl (C=O) groups is 1. The van der Waals surface area contributed by atoms with Gasteiger partial charge in [0.2, 0.25) is 5.91 Å². The summed E-state index contributed by atoms with van der Waals surface area (Å²) < 4.78 is 2.25. The number of rotatable bonds is 7. The summed E-state index contributed by atoms with van der Waals surface area (Å²) in [5.74, 6) is 1.06. The standard InChI is InChI=1S/C20H22N4OS2/c1-23(2)19(25)18(14-7-4-3-5-8-14)27-20-22-21-17(24(20)15-10-11-15)13-16-9-6-12-26-16/h3-9,12,15,18H,10-11,13H2,1-2H3/t18-/m0/s1. The van der Waals surface area contributed by atoms with Crippen LogP contribution in [0.5, 0.6) is 0 Å². The van der Waals surface area contributed by atoms with Gasteiger partial charge in [-0.05, 0) is 29.9 Å². The van der Waals surface area contributed by atoms with E-state index >= 15 is 0 Å². The van der Waals surface area contributed by atoms with E-state index in [2.05, 4.69) is 32.3 Å². The van der Waals surface area contributed by atoms with E-state index in [0.29, 0.717) is 6.04 Å². The van der Waals surface area contributed by atoms with Crippen molar-refractivity contribution in [2.24, 2.45) is 0 Å². The Labute approximate surface area is 167 Å². The monoisotopic (exact) mass is 398 g/mol. The molecule has 0 aliphatic heterocycles. The van der Waals surface area contributed by atoms with Crippen molar-refractivity contribution in [3.63, 3.8) is 0 Å². The van der Waals surface area contributed by atoms with Gasteiger partial charge in [-0.25, -0.2) is 0 Å². The first-order valence-corrected chi connectivity index (χ1v) is 10.8. The van der Waals surface area contributed by atoms with E-state index in [1.165, 1.54) is 16.6 Å². The summed E-state index contributed by atoms with van der Waals surface area (Å²) in [6.07, 6.45) is 3.10. The molecular formula is C20H22N4OS2. The Bertz CT molecular complexity index is 901. The minimum atomic E-state index is -0.322. The maximum atomic E-state index is 12.9. The largest absolute Gasteiger partial charge is 0.348 e. The Morgan fingerprint density at radius 2 is 2.00 bits per heavy atom. The van der Waals surface area contributed by atoms with Crippen LogP contribution in [0.15, 0.2) is 53.0 Å². The van der Waals surface area contributed by atoms with E-state index < -0.39 is 0 Å². The first kappa shape index (κ1) is 18.3. The van der Waals surface area contributed by atoms with E-state index in [1.807, 2.05) is 30.3 Å². The van der Waals surface area contributed by atoms with Crippen LogP contribution >= 0.6 is 23.1 Å². The van der Waals surface area contributed by atoms with Gasteiger partial charge >= 0.3 is 0 Å². The Morgan fingerprint density at radius 3 is 2.63 bits per heavy atom. The SMILES string of the molecule is CN(C)C(=O)[C@@H](Sc1nnc(Cc2cccs2)n1C1CC1)c1ccccc1. The normalized spacial score (nSPS) is 14.9. The van der Waals surface area contributed by atoms with Crippen LogP contribution in [0.1, 0.15) is 40.4 Å². The summed E-state index contributed by atoms with van der Waals surface area (Å²) in [7, 11) is 3.60. The molecule has 0 bridgehead atoms. The van der Waals surface area contributed by atoms with Gasteiger partial charge in [0.05, 0.1) is 0 Å². The third-order valence-electron chi connectivity index (χ3n) is 4.55. The number of likely N-dealkylation sites (N-methyl/N-ethyl adjacent to an activating group) is 1. The summed E-state index contributed by atoms with van der Waals surface area (Å²) in [6.45, 7) is 0. The molecule has 4 rings (SSSR count). The lowest BCUT2D eigenvalue weighted by Gasteiger charge is -2.20. The fraction of sp³-hybridized carbons (Fsp3) is 0.350. The third-order valence-corrected chi connectivity index (χ3v) is 6.63. The molecule has 0 saturated heterocycles. The molecule has 0 unspecified atom stereocenters. The van der Waals surface area contributed by atoms with Gasteiger partial charge in [-0.1, -0.05) is 48.2 Å². The molecular weight excluding hydrogens is 376 g/mol. The molecule has 2 aromatic heterocycles. The van der Waals surface area contributed by atoms with Crippen molar-refractivity contribution in [3.05, 3.63) is 64.1 Å². The number of thiophene rings is 1. The molecule has 7 heteroatoms. The maximum Gasteiger partial charge on any atom is 0.240 e. The molecule has 5 nitrogen and oxygen atoms in total. The Morgan fingerprint density at radius 1 is 1.22 bits per heavy atom. The van der Waals surface area contributed by atoms with Crippen LogP contribution in [0.2, 0.25) is 0 Å². The zero-order valence-electron chi connectivity index (χ0n) is 15.4.